The molecule has 204 valence electrons. The molecule has 1 heterocycles. The second-order valence-corrected chi connectivity index (χ2v) is 10.7. The molecule has 0 aromatic rings. The van der Waals surface area contributed by atoms with Crippen molar-refractivity contribution in [2.75, 3.05) is 6.61 Å². The van der Waals surface area contributed by atoms with Crippen LogP contribution >= 0.6 is 0 Å². The van der Waals surface area contributed by atoms with Gasteiger partial charge < -0.3 is 29.7 Å². The van der Waals surface area contributed by atoms with Gasteiger partial charge >= 0.3 is 29.6 Å². The predicted octanol–water partition coefficient (Wildman–Crippen LogP) is 0.145. The van der Waals surface area contributed by atoms with Crippen molar-refractivity contribution in [1.29, 1.82) is 0 Å². The molecule has 6 atom stereocenters. The molecule has 0 amide bonds. The van der Waals surface area contributed by atoms with E-state index in [1.54, 1.807) is 0 Å². The monoisotopic (exact) mass is 534 g/mol. The topological polar surface area (TPSA) is 157 Å². The fraction of sp³-hybridized carbons (Fsp3) is 1.00. The van der Waals surface area contributed by atoms with Gasteiger partial charge in [-0.15, -0.1) is 0 Å². The van der Waals surface area contributed by atoms with E-state index in [-0.39, 0.29) is 41.9 Å². The van der Waals surface area contributed by atoms with E-state index < -0.39 is 47.2 Å². The van der Waals surface area contributed by atoms with Crippen LogP contribution in [0.2, 0.25) is 0 Å². The van der Waals surface area contributed by atoms with E-state index in [1.807, 2.05) is 0 Å². The SMILES string of the molecule is CCCCCCCCCC(CCCCCCC)CC1(OS(=O)(=O)[O-])O[C@H](CO)[C@@H](O)[C@H](O)[C@H]1O.[Na+]. The molecule has 0 bridgehead atoms. The van der Waals surface area contributed by atoms with E-state index in [2.05, 4.69) is 13.8 Å². The Morgan fingerprint density at radius 2 is 1.31 bits per heavy atom. The second-order valence-electron chi connectivity index (χ2n) is 9.75. The van der Waals surface area contributed by atoms with Gasteiger partial charge in [-0.1, -0.05) is 104 Å². The standard InChI is InChI=1S/C24H48O9S.Na/c1-3-5-7-9-10-12-14-16-19(15-13-11-8-6-4-2)17-24(33-34(29,30)31)23(28)22(27)21(26)20(18-25)32-24;/h19-23,25-28H,3-18H2,1-2H3,(H,29,30,31);/q;+1/p-1/t19?,20-,21-,22+,23-,24?;/m1./s1. The van der Waals surface area contributed by atoms with E-state index in [4.69, 9.17) is 8.92 Å². The Balaban J connectivity index is 0.0000116. The summed E-state index contributed by atoms with van der Waals surface area (Å²) in [6.07, 6.45) is 7.51. The quantitative estimate of drug-likeness (QED) is 0.0783. The maximum Gasteiger partial charge on any atom is 1.00 e. The molecule has 1 rings (SSSR count). The van der Waals surface area contributed by atoms with Gasteiger partial charge in [0.15, 0.2) is 0 Å². The van der Waals surface area contributed by atoms with Gasteiger partial charge in [0.25, 0.3) is 0 Å². The van der Waals surface area contributed by atoms with Crippen LogP contribution in [0.25, 0.3) is 0 Å². The van der Waals surface area contributed by atoms with Crippen LogP contribution in [0.3, 0.4) is 0 Å². The Kier molecular flexibility index (Phi) is 19.2. The van der Waals surface area contributed by atoms with E-state index >= 15 is 0 Å². The maximum atomic E-state index is 11.6. The summed E-state index contributed by atoms with van der Waals surface area (Å²) in [5, 5.41) is 40.6. The van der Waals surface area contributed by atoms with Crippen LogP contribution in [0.15, 0.2) is 0 Å². The van der Waals surface area contributed by atoms with Crippen LogP contribution in [-0.2, 0) is 19.3 Å². The molecule has 35 heavy (non-hydrogen) atoms. The average molecular weight is 535 g/mol. The largest absolute Gasteiger partial charge is 1.00 e. The van der Waals surface area contributed by atoms with Gasteiger partial charge in [-0.2, -0.15) is 0 Å². The summed E-state index contributed by atoms with van der Waals surface area (Å²) in [5.74, 6) is -2.49. The fourth-order valence-electron chi connectivity index (χ4n) is 4.83. The van der Waals surface area contributed by atoms with Crippen molar-refractivity contribution in [3.05, 3.63) is 0 Å². The summed E-state index contributed by atoms with van der Waals surface area (Å²) in [4.78, 5) is 0. The molecule has 0 aromatic heterocycles. The summed E-state index contributed by atoms with van der Waals surface area (Å²) >= 11 is 0. The minimum Gasteiger partial charge on any atom is -0.725 e. The normalized spacial score (nSPS) is 28.0. The molecule has 9 nitrogen and oxygen atoms in total. The summed E-state index contributed by atoms with van der Waals surface area (Å²) < 4.78 is 44.9. The van der Waals surface area contributed by atoms with Crippen molar-refractivity contribution in [2.45, 2.75) is 140 Å². The Morgan fingerprint density at radius 3 is 1.74 bits per heavy atom. The molecule has 4 N–H and O–H groups in total. The van der Waals surface area contributed by atoms with Crippen molar-refractivity contribution in [2.24, 2.45) is 5.92 Å². The van der Waals surface area contributed by atoms with E-state index in [9.17, 15) is 33.4 Å². The summed E-state index contributed by atoms with van der Waals surface area (Å²) in [7, 11) is -5.31. The number of hydrogen-bond donors (Lipinski definition) is 4. The third-order valence-electron chi connectivity index (χ3n) is 6.78. The minimum absolute atomic E-state index is 0. The van der Waals surface area contributed by atoms with E-state index in [0.717, 1.165) is 64.2 Å². The first-order valence-electron chi connectivity index (χ1n) is 13.1. The third kappa shape index (κ3) is 13.3. The molecule has 0 saturated carbocycles. The van der Waals surface area contributed by atoms with Gasteiger partial charge in [0.05, 0.1) is 6.61 Å². The first-order valence-corrected chi connectivity index (χ1v) is 14.4. The van der Waals surface area contributed by atoms with Crippen LogP contribution in [0.1, 0.15) is 110 Å². The zero-order valence-electron chi connectivity index (χ0n) is 21.9. The molecule has 0 spiro atoms. The van der Waals surface area contributed by atoms with Gasteiger partial charge in [0, 0.05) is 6.42 Å². The van der Waals surface area contributed by atoms with Crippen molar-refractivity contribution in [3.8, 4) is 0 Å². The van der Waals surface area contributed by atoms with E-state index in [1.165, 1.54) is 25.7 Å². The second kappa shape index (κ2) is 18.8. The van der Waals surface area contributed by atoms with Crippen LogP contribution in [0.5, 0.6) is 0 Å². The van der Waals surface area contributed by atoms with Crippen LogP contribution in [0, 0.1) is 5.92 Å². The molecular weight excluding hydrogens is 487 g/mol. The zero-order chi connectivity index (χ0) is 25.6. The summed E-state index contributed by atoms with van der Waals surface area (Å²) in [6.45, 7) is 3.56. The molecule has 2 unspecified atom stereocenters. The predicted molar refractivity (Wildman–Crippen MR) is 128 cm³/mol. The first-order chi connectivity index (χ1) is 16.1. The average Bonchev–Trinajstić information content (AvgIpc) is 2.78. The molecule has 0 aliphatic carbocycles. The van der Waals surface area contributed by atoms with Crippen LogP contribution in [-0.4, -0.2) is 70.2 Å². The van der Waals surface area contributed by atoms with Crippen molar-refractivity contribution < 1.29 is 71.9 Å². The Bertz CT molecular complexity index is 634. The number of aliphatic hydroxyl groups is 4. The molecule has 0 aromatic carbocycles. The van der Waals surface area contributed by atoms with Crippen molar-refractivity contribution >= 4 is 10.4 Å². The fourth-order valence-corrected chi connectivity index (χ4v) is 5.38. The number of ether oxygens (including phenoxy) is 1. The van der Waals surface area contributed by atoms with Gasteiger partial charge in [0.2, 0.25) is 16.2 Å². The smallest absolute Gasteiger partial charge is 0.725 e. The van der Waals surface area contributed by atoms with E-state index in [0.29, 0.717) is 0 Å². The minimum atomic E-state index is -5.31. The molecule has 0 radical (unpaired) electrons. The van der Waals surface area contributed by atoms with Crippen molar-refractivity contribution in [3.63, 3.8) is 0 Å². The van der Waals surface area contributed by atoms with Crippen molar-refractivity contribution in [1.82, 2.24) is 0 Å². The first kappa shape index (κ1) is 35.7. The Labute approximate surface area is 234 Å². The van der Waals surface area contributed by atoms with Crippen LogP contribution in [0.4, 0.5) is 0 Å². The maximum absolute atomic E-state index is 11.6. The van der Waals surface area contributed by atoms with Crippen LogP contribution < -0.4 is 29.6 Å². The van der Waals surface area contributed by atoms with Gasteiger partial charge in [-0.05, 0) is 5.92 Å². The molecule has 1 aliphatic rings. The molecule has 1 aliphatic heterocycles. The number of rotatable bonds is 19. The Morgan fingerprint density at radius 1 is 0.857 bits per heavy atom. The number of unbranched alkanes of at least 4 members (excludes halogenated alkanes) is 10. The molecule has 11 heteroatoms. The number of hydrogen-bond acceptors (Lipinski definition) is 9. The molecule has 1 fully saturated rings. The number of aliphatic hydroxyl groups excluding tert-OH is 4. The Hall–Kier alpha value is 0.670. The molecule has 1 saturated heterocycles. The molecular formula is C24H47NaO9S. The summed E-state index contributed by atoms with van der Waals surface area (Å²) in [5.41, 5.74) is 0. The third-order valence-corrected chi connectivity index (χ3v) is 7.27. The zero-order valence-corrected chi connectivity index (χ0v) is 24.8. The van der Waals surface area contributed by atoms with Gasteiger partial charge in [0.1, 0.15) is 24.4 Å². The summed E-state index contributed by atoms with van der Waals surface area (Å²) in [6, 6.07) is 0. The van der Waals surface area contributed by atoms with Gasteiger partial charge in [-0.3, -0.25) is 0 Å². The van der Waals surface area contributed by atoms with Gasteiger partial charge in [-0.25, -0.2) is 12.6 Å².